The summed E-state index contributed by atoms with van der Waals surface area (Å²) in [6, 6.07) is 6.16. The van der Waals surface area contributed by atoms with Crippen molar-refractivity contribution >= 4 is 11.6 Å². The van der Waals surface area contributed by atoms with Gasteiger partial charge < -0.3 is 5.32 Å². The van der Waals surface area contributed by atoms with E-state index in [9.17, 15) is 0 Å². The monoisotopic (exact) mass is 296 g/mol. The third-order valence-electron chi connectivity index (χ3n) is 3.28. The highest BCUT2D eigenvalue weighted by Gasteiger charge is 2.14. The van der Waals surface area contributed by atoms with Crippen LogP contribution in [0, 0.1) is 0 Å². The molecule has 3 rings (SSSR count). The molecule has 6 heteroatoms. The van der Waals surface area contributed by atoms with Gasteiger partial charge in [0.25, 0.3) is 5.78 Å². The molecule has 114 valence electrons. The molecule has 0 atom stereocenters. The third kappa shape index (κ3) is 2.77. The van der Waals surface area contributed by atoms with E-state index in [0.29, 0.717) is 23.6 Å². The summed E-state index contributed by atoms with van der Waals surface area (Å²) in [7, 11) is 0. The van der Waals surface area contributed by atoms with E-state index in [0.717, 1.165) is 17.1 Å². The van der Waals surface area contributed by atoms with Crippen molar-refractivity contribution in [3.8, 4) is 11.4 Å². The van der Waals surface area contributed by atoms with Gasteiger partial charge in [-0.15, -0.1) is 5.10 Å². The first-order valence-electron chi connectivity index (χ1n) is 7.49. The first-order chi connectivity index (χ1) is 10.5. The van der Waals surface area contributed by atoms with Crippen molar-refractivity contribution in [1.82, 2.24) is 24.6 Å². The summed E-state index contributed by atoms with van der Waals surface area (Å²) >= 11 is 0. The van der Waals surface area contributed by atoms with Crippen molar-refractivity contribution in [2.45, 2.75) is 39.7 Å². The number of pyridine rings is 1. The van der Waals surface area contributed by atoms with Crippen LogP contribution in [-0.4, -0.2) is 30.6 Å². The Labute approximate surface area is 129 Å². The lowest BCUT2D eigenvalue weighted by Crippen LogP contribution is -2.14. The molecule has 0 bridgehead atoms. The summed E-state index contributed by atoms with van der Waals surface area (Å²) in [6.07, 6.45) is 3.49. The van der Waals surface area contributed by atoms with Crippen molar-refractivity contribution in [2.24, 2.45) is 0 Å². The number of hydrogen-bond donors (Lipinski definition) is 1. The third-order valence-corrected chi connectivity index (χ3v) is 3.28. The van der Waals surface area contributed by atoms with Crippen molar-refractivity contribution in [2.75, 3.05) is 5.32 Å². The van der Waals surface area contributed by atoms with Crippen LogP contribution in [0.3, 0.4) is 0 Å². The van der Waals surface area contributed by atoms with Gasteiger partial charge in [-0.2, -0.15) is 9.50 Å². The van der Waals surface area contributed by atoms with E-state index in [4.69, 9.17) is 0 Å². The normalized spacial score (nSPS) is 11.5. The van der Waals surface area contributed by atoms with E-state index >= 15 is 0 Å². The van der Waals surface area contributed by atoms with Crippen LogP contribution in [0.2, 0.25) is 0 Å². The molecule has 0 unspecified atom stereocenters. The van der Waals surface area contributed by atoms with Crippen LogP contribution in [-0.2, 0) is 0 Å². The summed E-state index contributed by atoms with van der Waals surface area (Å²) in [6.45, 7) is 8.44. The zero-order valence-corrected chi connectivity index (χ0v) is 13.3. The van der Waals surface area contributed by atoms with E-state index < -0.39 is 0 Å². The van der Waals surface area contributed by atoms with Gasteiger partial charge in [0.15, 0.2) is 5.82 Å². The second-order valence-electron chi connectivity index (χ2n) is 5.91. The van der Waals surface area contributed by atoms with E-state index in [-0.39, 0.29) is 0 Å². The molecular formula is C16H20N6. The minimum atomic E-state index is 0.302. The zero-order chi connectivity index (χ0) is 15.7. The molecule has 22 heavy (non-hydrogen) atoms. The van der Waals surface area contributed by atoms with E-state index in [1.165, 1.54) is 0 Å². The molecule has 0 aliphatic heterocycles. The van der Waals surface area contributed by atoms with Crippen molar-refractivity contribution in [1.29, 1.82) is 0 Å². The largest absolute Gasteiger partial charge is 0.368 e. The minimum absolute atomic E-state index is 0.302. The number of rotatable bonds is 4. The molecule has 1 N–H and O–H groups in total. The highest BCUT2D eigenvalue weighted by molar-refractivity contribution is 5.57. The molecule has 0 aliphatic rings. The Morgan fingerprint density at radius 2 is 1.95 bits per heavy atom. The highest BCUT2D eigenvalue weighted by Crippen LogP contribution is 2.21. The number of fused-ring (bicyclic) bond motifs is 1. The molecule has 0 saturated heterocycles. The van der Waals surface area contributed by atoms with Crippen LogP contribution in [0.4, 0.5) is 5.82 Å². The van der Waals surface area contributed by atoms with Gasteiger partial charge in [0.2, 0.25) is 0 Å². The Morgan fingerprint density at radius 3 is 2.59 bits per heavy atom. The molecule has 3 aromatic rings. The Hall–Kier alpha value is -2.50. The van der Waals surface area contributed by atoms with Gasteiger partial charge >= 0.3 is 0 Å². The SMILES string of the molecule is CC(C)Nc1cc(C(C)C)nc2nc(-c3cccnc3)nn12. The molecular weight excluding hydrogens is 276 g/mol. The van der Waals surface area contributed by atoms with Gasteiger partial charge in [-0.25, -0.2) is 4.98 Å². The molecule has 0 aromatic carbocycles. The first kappa shape index (κ1) is 14.4. The zero-order valence-electron chi connectivity index (χ0n) is 13.3. The van der Waals surface area contributed by atoms with Crippen molar-refractivity contribution in [3.63, 3.8) is 0 Å². The molecule has 0 radical (unpaired) electrons. The lowest BCUT2D eigenvalue weighted by molar-refractivity contribution is 0.796. The lowest BCUT2D eigenvalue weighted by Gasteiger charge is -2.13. The summed E-state index contributed by atoms with van der Waals surface area (Å²) in [5.41, 5.74) is 1.88. The quantitative estimate of drug-likeness (QED) is 0.801. The summed E-state index contributed by atoms with van der Waals surface area (Å²) in [5, 5.41) is 7.99. The van der Waals surface area contributed by atoms with Crippen molar-refractivity contribution in [3.05, 3.63) is 36.3 Å². The topological polar surface area (TPSA) is 68.0 Å². The smallest absolute Gasteiger partial charge is 0.254 e. The summed E-state index contributed by atoms with van der Waals surface area (Å²) in [4.78, 5) is 13.3. The van der Waals surface area contributed by atoms with Crippen molar-refractivity contribution < 1.29 is 0 Å². The number of aromatic nitrogens is 5. The van der Waals surface area contributed by atoms with Crippen LogP contribution < -0.4 is 5.32 Å². The number of nitrogens with one attached hydrogen (secondary N) is 1. The lowest BCUT2D eigenvalue weighted by atomic mass is 10.1. The van der Waals surface area contributed by atoms with Crippen LogP contribution in [0.25, 0.3) is 17.2 Å². The molecule has 6 nitrogen and oxygen atoms in total. The molecule has 0 amide bonds. The van der Waals surface area contributed by atoms with Gasteiger partial charge in [0.05, 0.1) is 5.69 Å². The number of anilines is 1. The fourth-order valence-electron chi connectivity index (χ4n) is 2.20. The molecule has 0 spiro atoms. The van der Waals surface area contributed by atoms with Gasteiger partial charge in [-0.05, 0) is 31.9 Å². The Bertz CT molecular complexity index is 776. The van der Waals surface area contributed by atoms with Gasteiger partial charge in [0, 0.05) is 30.1 Å². The van der Waals surface area contributed by atoms with Crippen LogP contribution in [0.15, 0.2) is 30.6 Å². The molecule has 0 aliphatic carbocycles. The average molecular weight is 296 g/mol. The van der Waals surface area contributed by atoms with Gasteiger partial charge in [-0.1, -0.05) is 13.8 Å². The fourth-order valence-corrected chi connectivity index (χ4v) is 2.20. The second kappa shape index (κ2) is 5.71. The number of nitrogens with zero attached hydrogens (tertiary/aromatic N) is 5. The summed E-state index contributed by atoms with van der Waals surface area (Å²) in [5.74, 6) is 2.48. The van der Waals surface area contributed by atoms with E-state index in [1.54, 1.807) is 16.9 Å². The molecule has 3 heterocycles. The van der Waals surface area contributed by atoms with Crippen LogP contribution >= 0.6 is 0 Å². The van der Waals surface area contributed by atoms with E-state index in [2.05, 4.69) is 53.1 Å². The Balaban J connectivity index is 2.17. The number of hydrogen-bond acceptors (Lipinski definition) is 5. The maximum Gasteiger partial charge on any atom is 0.254 e. The maximum absolute atomic E-state index is 4.62. The predicted molar refractivity (Wildman–Crippen MR) is 86.9 cm³/mol. The molecule has 3 aromatic heterocycles. The van der Waals surface area contributed by atoms with E-state index in [1.807, 2.05) is 18.2 Å². The Morgan fingerprint density at radius 1 is 1.14 bits per heavy atom. The molecule has 0 saturated carbocycles. The van der Waals surface area contributed by atoms with Crippen LogP contribution in [0.1, 0.15) is 39.3 Å². The standard InChI is InChI=1S/C16H20N6/c1-10(2)13-8-14(18-11(3)4)22-16(19-13)20-15(21-22)12-6-5-7-17-9-12/h5-11,18H,1-4H3. The van der Waals surface area contributed by atoms with Gasteiger partial charge in [-0.3, -0.25) is 4.98 Å². The minimum Gasteiger partial charge on any atom is -0.368 e. The second-order valence-corrected chi connectivity index (χ2v) is 5.91. The maximum atomic E-state index is 4.62. The fraction of sp³-hybridized carbons (Fsp3) is 0.375. The predicted octanol–water partition coefficient (Wildman–Crippen LogP) is 3.13. The Kier molecular flexibility index (Phi) is 3.75. The van der Waals surface area contributed by atoms with Crippen LogP contribution in [0.5, 0.6) is 0 Å². The van der Waals surface area contributed by atoms with Gasteiger partial charge in [0.1, 0.15) is 5.82 Å². The average Bonchev–Trinajstić information content (AvgIpc) is 2.92. The first-order valence-corrected chi connectivity index (χ1v) is 7.49. The highest BCUT2D eigenvalue weighted by atomic mass is 15.4. The summed E-state index contributed by atoms with van der Waals surface area (Å²) < 4.78 is 1.76. The molecule has 0 fully saturated rings.